The van der Waals surface area contributed by atoms with E-state index in [9.17, 15) is 4.79 Å². The number of allylic oxidation sites excluding steroid dienone is 1. The van der Waals surface area contributed by atoms with Gasteiger partial charge >= 0.3 is 0 Å². The number of carbonyl (C=O) groups excluding carboxylic acids is 1. The third-order valence-electron chi connectivity index (χ3n) is 1.56. The van der Waals surface area contributed by atoms with Gasteiger partial charge in [-0.2, -0.15) is 0 Å². The molecular formula is C9H15N3O. The maximum atomic E-state index is 10.5. The van der Waals surface area contributed by atoms with Gasteiger partial charge in [-0.25, -0.2) is 4.99 Å². The van der Waals surface area contributed by atoms with Crippen LogP contribution in [0.25, 0.3) is 0 Å². The van der Waals surface area contributed by atoms with Gasteiger partial charge in [0.05, 0.1) is 6.34 Å². The molecule has 2 N–H and O–H groups in total. The molecule has 0 aliphatic heterocycles. The molecule has 0 rings (SSSR count). The Morgan fingerprint density at radius 2 is 2.31 bits per heavy atom. The first-order valence-electron chi connectivity index (χ1n) is 4.00. The number of hydrogen-bond donors (Lipinski definition) is 1. The van der Waals surface area contributed by atoms with Crippen molar-refractivity contribution in [3.05, 3.63) is 24.2 Å². The minimum absolute atomic E-state index is 0.531. The van der Waals surface area contributed by atoms with Gasteiger partial charge in [0.15, 0.2) is 0 Å². The molecule has 0 aliphatic carbocycles. The highest BCUT2D eigenvalue weighted by Crippen LogP contribution is 2.09. The molecule has 0 aliphatic rings. The number of carbonyl (C=O) groups is 1. The number of nitrogens with zero attached hydrogens (tertiary/aromatic N) is 2. The summed E-state index contributed by atoms with van der Waals surface area (Å²) in [4.78, 5) is 16.2. The summed E-state index contributed by atoms with van der Waals surface area (Å²) in [6, 6.07) is 0. The quantitative estimate of drug-likeness (QED) is 0.296. The number of aldehydes is 1. The molecule has 0 radical (unpaired) electrons. The number of rotatable bonds is 5. The van der Waals surface area contributed by atoms with E-state index in [1.165, 1.54) is 0 Å². The highest BCUT2D eigenvalue weighted by molar-refractivity contribution is 5.74. The average molecular weight is 181 g/mol. The molecule has 0 amide bonds. The van der Waals surface area contributed by atoms with E-state index in [-0.39, 0.29) is 0 Å². The van der Waals surface area contributed by atoms with Crippen LogP contribution in [-0.4, -0.2) is 24.1 Å². The Morgan fingerprint density at radius 1 is 1.69 bits per heavy atom. The zero-order chi connectivity index (χ0) is 10.3. The van der Waals surface area contributed by atoms with E-state index in [1.807, 2.05) is 6.92 Å². The van der Waals surface area contributed by atoms with Crippen LogP contribution in [0, 0.1) is 0 Å². The van der Waals surface area contributed by atoms with Crippen molar-refractivity contribution in [2.24, 2.45) is 10.7 Å². The summed E-state index contributed by atoms with van der Waals surface area (Å²) < 4.78 is 0. The summed E-state index contributed by atoms with van der Waals surface area (Å²) in [5.74, 6) is 0.537. The van der Waals surface area contributed by atoms with Crippen LogP contribution in [0.3, 0.4) is 0 Å². The molecule has 0 heterocycles. The lowest BCUT2D eigenvalue weighted by Crippen LogP contribution is -2.16. The van der Waals surface area contributed by atoms with E-state index in [0.717, 1.165) is 12.6 Å². The fourth-order valence-corrected chi connectivity index (χ4v) is 0.891. The van der Waals surface area contributed by atoms with Gasteiger partial charge in [0.2, 0.25) is 0 Å². The smallest absolute Gasteiger partial charge is 0.149 e. The minimum atomic E-state index is 0.531. The second kappa shape index (κ2) is 5.99. The highest BCUT2D eigenvalue weighted by atomic mass is 16.1. The molecule has 72 valence electrons. The SMILES string of the molecule is C=CN(CC)C(/N=C/N)=C(\C)C=O. The maximum Gasteiger partial charge on any atom is 0.149 e. The lowest BCUT2D eigenvalue weighted by atomic mass is 10.3. The van der Waals surface area contributed by atoms with E-state index in [2.05, 4.69) is 11.6 Å². The Morgan fingerprint density at radius 3 is 2.62 bits per heavy atom. The van der Waals surface area contributed by atoms with Gasteiger partial charge in [-0.3, -0.25) is 4.79 Å². The lowest BCUT2D eigenvalue weighted by Gasteiger charge is -2.18. The molecule has 4 nitrogen and oxygen atoms in total. The third kappa shape index (κ3) is 3.11. The number of aliphatic imine (C=N–C) groups is 1. The molecule has 0 aromatic rings. The third-order valence-corrected chi connectivity index (χ3v) is 1.56. The van der Waals surface area contributed by atoms with Gasteiger partial charge in [0.1, 0.15) is 12.1 Å². The van der Waals surface area contributed by atoms with Crippen molar-refractivity contribution in [2.45, 2.75) is 13.8 Å². The average Bonchev–Trinajstić information content (AvgIpc) is 2.17. The standard InChI is InChI=1S/C9H15N3O/c1-4-12(5-2)9(11-7-10)8(3)6-13/h4,6-7H,1,5H2,2-3H3,(H2,10,11)/b9-8+. The highest BCUT2D eigenvalue weighted by Gasteiger charge is 2.05. The molecule has 0 bridgehead atoms. The van der Waals surface area contributed by atoms with Crippen LogP contribution in [0.1, 0.15) is 13.8 Å². The van der Waals surface area contributed by atoms with Gasteiger partial charge in [0.25, 0.3) is 0 Å². The van der Waals surface area contributed by atoms with Crippen molar-refractivity contribution < 1.29 is 4.79 Å². The van der Waals surface area contributed by atoms with E-state index in [1.54, 1.807) is 18.0 Å². The van der Waals surface area contributed by atoms with Crippen LogP contribution in [0.2, 0.25) is 0 Å². The van der Waals surface area contributed by atoms with E-state index < -0.39 is 0 Å². The van der Waals surface area contributed by atoms with Gasteiger partial charge in [-0.15, -0.1) is 0 Å². The van der Waals surface area contributed by atoms with Gasteiger partial charge in [-0.1, -0.05) is 6.58 Å². The normalized spacial score (nSPS) is 12.5. The molecule has 13 heavy (non-hydrogen) atoms. The monoisotopic (exact) mass is 181 g/mol. The Bertz CT molecular complexity index is 243. The Balaban J connectivity index is 4.99. The van der Waals surface area contributed by atoms with E-state index in [0.29, 0.717) is 17.9 Å². The fraction of sp³-hybridized carbons (Fsp3) is 0.333. The number of nitrogens with two attached hydrogens (primary N) is 1. The van der Waals surface area contributed by atoms with E-state index >= 15 is 0 Å². The zero-order valence-corrected chi connectivity index (χ0v) is 8.03. The van der Waals surface area contributed by atoms with Crippen LogP contribution in [0.15, 0.2) is 29.2 Å². The molecule has 0 saturated carbocycles. The molecule has 0 aromatic carbocycles. The van der Waals surface area contributed by atoms with Crippen molar-refractivity contribution >= 4 is 12.6 Å². The van der Waals surface area contributed by atoms with Crippen LogP contribution in [0.4, 0.5) is 0 Å². The molecule has 0 spiro atoms. The summed E-state index contributed by atoms with van der Waals surface area (Å²) in [6.07, 6.45) is 3.51. The van der Waals surface area contributed by atoms with Crippen molar-refractivity contribution in [3.63, 3.8) is 0 Å². The van der Waals surface area contributed by atoms with Crippen molar-refractivity contribution in [3.8, 4) is 0 Å². The Hall–Kier alpha value is -1.58. The molecule has 0 unspecified atom stereocenters. The topological polar surface area (TPSA) is 58.7 Å². The molecule has 0 fully saturated rings. The molecule has 0 aromatic heterocycles. The predicted molar refractivity (Wildman–Crippen MR) is 54.0 cm³/mol. The van der Waals surface area contributed by atoms with E-state index in [4.69, 9.17) is 5.73 Å². The summed E-state index contributed by atoms with van der Waals surface area (Å²) in [5, 5.41) is 0. The second-order valence-electron chi connectivity index (χ2n) is 2.37. The summed E-state index contributed by atoms with van der Waals surface area (Å²) in [6.45, 7) is 7.93. The zero-order valence-electron chi connectivity index (χ0n) is 8.03. The van der Waals surface area contributed by atoms with Gasteiger partial charge < -0.3 is 10.6 Å². The molecule has 0 saturated heterocycles. The van der Waals surface area contributed by atoms with Crippen LogP contribution in [0.5, 0.6) is 0 Å². The summed E-state index contributed by atoms with van der Waals surface area (Å²) in [5.41, 5.74) is 5.70. The maximum absolute atomic E-state index is 10.5. The largest absolute Gasteiger partial charge is 0.390 e. The first kappa shape index (κ1) is 11.4. The first-order valence-corrected chi connectivity index (χ1v) is 4.00. The second-order valence-corrected chi connectivity index (χ2v) is 2.37. The molecular weight excluding hydrogens is 166 g/mol. The summed E-state index contributed by atoms with van der Waals surface area (Å²) in [7, 11) is 0. The van der Waals surface area contributed by atoms with Crippen molar-refractivity contribution in [2.75, 3.05) is 6.54 Å². The predicted octanol–water partition coefficient (Wildman–Crippen LogP) is 0.869. The number of hydrogen-bond acceptors (Lipinski definition) is 3. The molecule has 0 atom stereocenters. The van der Waals surface area contributed by atoms with Crippen LogP contribution < -0.4 is 5.73 Å². The first-order chi connectivity index (χ1) is 6.21. The Labute approximate surface area is 78.4 Å². The van der Waals surface area contributed by atoms with Crippen molar-refractivity contribution in [1.82, 2.24) is 4.90 Å². The summed E-state index contributed by atoms with van der Waals surface area (Å²) >= 11 is 0. The lowest BCUT2D eigenvalue weighted by molar-refractivity contribution is -0.105. The van der Waals surface area contributed by atoms with Crippen molar-refractivity contribution in [1.29, 1.82) is 0 Å². The molecule has 4 heteroatoms. The van der Waals surface area contributed by atoms with Crippen LogP contribution in [-0.2, 0) is 4.79 Å². The Kier molecular flexibility index (Phi) is 5.27. The van der Waals surface area contributed by atoms with Crippen LogP contribution >= 0.6 is 0 Å². The van der Waals surface area contributed by atoms with Gasteiger partial charge in [0, 0.05) is 12.1 Å². The van der Waals surface area contributed by atoms with Gasteiger partial charge in [-0.05, 0) is 20.0 Å². The minimum Gasteiger partial charge on any atom is -0.390 e. The fourth-order valence-electron chi connectivity index (χ4n) is 0.891.